The van der Waals surface area contributed by atoms with Crippen LogP contribution in [0.1, 0.15) is 57.4 Å². The van der Waals surface area contributed by atoms with Crippen molar-refractivity contribution in [1.29, 1.82) is 0 Å². The molecule has 1 unspecified atom stereocenters. The number of aromatic nitrogens is 3. The first-order chi connectivity index (χ1) is 25.1. The number of halogens is 2. The Hall–Kier alpha value is -4.15. The molecule has 3 aliphatic heterocycles. The number of phenolic OH excluding ortho intramolecular Hbond substituents is 1. The van der Waals surface area contributed by atoms with Gasteiger partial charge in [0.25, 0.3) is 0 Å². The largest absolute Gasteiger partial charge is 0.508 e. The van der Waals surface area contributed by atoms with Gasteiger partial charge in [-0.1, -0.05) is 18.4 Å². The number of terminal acetylenes is 1. The fraction of sp³-hybridized carbons (Fsp3) is 0.525. The van der Waals surface area contributed by atoms with Crippen LogP contribution >= 0.6 is 0 Å². The molecule has 2 aromatic heterocycles. The highest BCUT2D eigenvalue weighted by Gasteiger charge is 2.49. The Labute approximate surface area is 302 Å². The van der Waals surface area contributed by atoms with E-state index in [0.717, 1.165) is 71.2 Å². The van der Waals surface area contributed by atoms with Gasteiger partial charge in [0.1, 0.15) is 34.2 Å². The molecule has 274 valence electrons. The number of likely N-dealkylation sites (tertiary alicyclic amines) is 1. The molecule has 52 heavy (non-hydrogen) atoms. The van der Waals surface area contributed by atoms with E-state index in [9.17, 15) is 14.6 Å². The quantitative estimate of drug-likeness (QED) is 0.227. The number of rotatable bonds is 7. The molecule has 10 nitrogen and oxygen atoms in total. The van der Waals surface area contributed by atoms with Crippen LogP contribution in [0.25, 0.3) is 32.9 Å². The average Bonchev–Trinajstić information content (AvgIpc) is 3.49. The number of phenols is 1. The van der Waals surface area contributed by atoms with Crippen molar-refractivity contribution in [2.75, 3.05) is 64.1 Å². The van der Waals surface area contributed by atoms with Gasteiger partial charge in [0.15, 0.2) is 5.82 Å². The number of hydrogen-bond donors (Lipinski definition) is 2. The second kappa shape index (κ2) is 14.0. The summed E-state index contributed by atoms with van der Waals surface area (Å²) in [5, 5.41) is 22.7. The Balaban J connectivity index is 1.20. The first-order valence-corrected chi connectivity index (χ1v) is 18.4. The molecule has 12 heteroatoms. The van der Waals surface area contributed by atoms with Crippen LogP contribution in [0, 0.1) is 35.3 Å². The third-order valence-corrected chi connectivity index (χ3v) is 11.6. The molecule has 0 spiro atoms. The number of piperidine rings is 1. The number of nitrogens with zero attached hydrogens (tertiary/aromatic N) is 5. The van der Waals surface area contributed by atoms with Gasteiger partial charge in [-0.15, -0.1) is 6.42 Å². The van der Waals surface area contributed by atoms with Gasteiger partial charge in [0.2, 0.25) is 0 Å². The van der Waals surface area contributed by atoms with E-state index in [1.54, 1.807) is 6.92 Å². The maximum atomic E-state index is 17.0. The summed E-state index contributed by atoms with van der Waals surface area (Å²) < 4.78 is 49.9. The van der Waals surface area contributed by atoms with Gasteiger partial charge in [-0.3, -0.25) is 9.88 Å². The molecule has 3 saturated heterocycles. The van der Waals surface area contributed by atoms with Crippen molar-refractivity contribution in [3.63, 3.8) is 0 Å². The normalized spacial score (nSPS) is 26.0. The summed E-state index contributed by atoms with van der Waals surface area (Å²) in [6.45, 7) is 6.92. The lowest BCUT2D eigenvalue weighted by Crippen LogP contribution is -2.53. The Morgan fingerprint density at radius 2 is 1.88 bits per heavy atom. The van der Waals surface area contributed by atoms with Crippen LogP contribution in [0.3, 0.4) is 0 Å². The zero-order valence-electron chi connectivity index (χ0n) is 29.5. The van der Waals surface area contributed by atoms with Gasteiger partial charge >= 0.3 is 6.01 Å². The van der Waals surface area contributed by atoms with Crippen LogP contribution in [-0.2, 0) is 9.47 Å². The van der Waals surface area contributed by atoms with Crippen molar-refractivity contribution in [2.45, 2.75) is 63.5 Å². The second-order valence-corrected chi connectivity index (χ2v) is 15.4. The number of pyridine rings is 1. The second-order valence-electron chi connectivity index (χ2n) is 15.4. The fourth-order valence-corrected chi connectivity index (χ4v) is 9.15. The minimum absolute atomic E-state index is 0.0288. The Morgan fingerprint density at radius 1 is 1.06 bits per heavy atom. The summed E-state index contributed by atoms with van der Waals surface area (Å²) >= 11 is 0. The summed E-state index contributed by atoms with van der Waals surface area (Å²) in [6, 6.07) is 5.90. The van der Waals surface area contributed by atoms with E-state index in [1.165, 1.54) is 30.5 Å². The van der Waals surface area contributed by atoms with E-state index in [2.05, 4.69) is 20.8 Å². The van der Waals surface area contributed by atoms with E-state index in [4.69, 9.17) is 25.6 Å². The van der Waals surface area contributed by atoms with Crippen molar-refractivity contribution < 1.29 is 33.2 Å². The number of benzene rings is 2. The molecular weight excluding hydrogens is 668 g/mol. The van der Waals surface area contributed by atoms with E-state index in [0.29, 0.717) is 48.3 Å². The molecule has 1 saturated carbocycles. The van der Waals surface area contributed by atoms with Gasteiger partial charge in [0.05, 0.1) is 37.3 Å². The van der Waals surface area contributed by atoms with Crippen molar-refractivity contribution in [3.8, 4) is 35.4 Å². The molecule has 4 fully saturated rings. The van der Waals surface area contributed by atoms with Gasteiger partial charge < -0.3 is 29.3 Å². The number of β-amino-alcohol motifs (C(OH)–C–C–N with tert-alkyl or cyclic N) is 1. The van der Waals surface area contributed by atoms with Crippen LogP contribution in [0.4, 0.5) is 14.6 Å². The summed E-state index contributed by atoms with van der Waals surface area (Å²) in [7, 11) is 0. The Morgan fingerprint density at radius 3 is 2.71 bits per heavy atom. The summed E-state index contributed by atoms with van der Waals surface area (Å²) in [6.07, 6.45) is 14.8. The minimum Gasteiger partial charge on any atom is -0.508 e. The summed E-state index contributed by atoms with van der Waals surface area (Å²) in [5.41, 5.74) is -1.38. The monoisotopic (exact) mass is 713 g/mol. The van der Waals surface area contributed by atoms with Gasteiger partial charge in [-0.25, -0.2) is 8.78 Å². The Bertz CT molecular complexity index is 2030. The lowest BCUT2D eigenvalue weighted by atomic mass is 9.75. The van der Waals surface area contributed by atoms with E-state index >= 15 is 4.39 Å². The van der Waals surface area contributed by atoms with Gasteiger partial charge in [-0.05, 0) is 81.5 Å². The number of aliphatic hydroxyl groups is 1. The number of fused-ring (bicyclic) bond motifs is 3. The molecule has 5 heterocycles. The number of ether oxygens (including phenoxy) is 3. The molecule has 2 N–H and O–H groups in total. The smallest absolute Gasteiger partial charge is 0.319 e. The van der Waals surface area contributed by atoms with Crippen molar-refractivity contribution in [2.24, 2.45) is 11.3 Å². The van der Waals surface area contributed by atoms with E-state index in [1.807, 2.05) is 4.90 Å². The zero-order chi connectivity index (χ0) is 36.0. The Kier molecular flexibility index (Phi) is 9.40. The predicted octanol–water partition coefficient (Wildman–Crippen LogP) is 5.84. The lowest BCUT2D eigenvalue weighted by Gasteiger charge is -2.47. The molecule has 1 aliphatic carbocycles. The number of hydrogen-bond acceptors (Lipinski definition) is 10. The van der Waals surface area contributed by atoms with E-state index < -0.39 is 17.2 Å². The summed E-state index contributed by atoms with van der Waals surface area (Å²) in [5.74, 6) is 1.80. The third-order valence-electron chi connectivity index (χ3n) is 11.6. The van der Waals surface area contributed by atoms with Gasteiger partial charge in [-0.2, -0.15) is 9.97 Å². The highest BCUT2D eigenvalue weighted by molar-refractivity contribution is 6.03. The maximum absolute atomic E-state index is 17.0. The van der Waals surface area contributed by atoms with Gasteiger partial charge in [0, 0.05) is 54.9 Å². The molecule has 4 aliphatic rings. The molecule has 8 rings (SSSR count). The van der Waals surface area contributed by atoms with Crippen LogP contribution < -0.4 is 9.64 Å². The van der Waals surface area contributed by atoms with Crippen molar-refractivity contribution in [3.05, 3.63) is 47.7 Å². The molecular formula is C40H45F2N5O5. The molecule has 0 radical (unpaired) electrons. The number of aromatic hydroxyl groups is 1. The standard InChI is InChI=1S/C40H45F2N5O5/c1-3-28-31(41)8-7-26-18-27(48)19-29(33(26)28)35-34(42)36-30(20-43-35)37(47-14-17-51-23-39(2,49)22-47)45-38(44-36)52-24-40-11-4-6-32(40)46(13-5-12-40)21-25-9-15-50-16-10-25/h1,7-8,18-20,25,32,48-49H,4-6,9-17,21-24H2,2H3/t32?,39-,40+/m0/s1. The van der Waals surface area contributed by atoms with Crippen molar-refractivity contribution in [1.82, 2.24) is 19.9 Å². The lowest BCUT2D eigenvalue weighted by molar-refractivity contribution is -0.0203. The van der Waals surface area contributed by atoms with Crippen molar-refractivity contribution >= 4 is 27.5 Å². The predicted molar refractivity (Wildman–Crippen MR) is 193 cm³/mol. The molecule has 0 amide bonds. The molecule has 2 aromatic carbocycles. The fourth-order valence-electron chi connectivity index (χ4n) is 9.15. The zero-order valence-corrected chi connectivity index (χ0v) is 29.5. The highest BCUT2D eigenvalue weighted by atomic mass is 19.1. The van der Waals surface area contributed by atoms with Crippen LogP contribution in [0.15, 0.2) is 30.5 Å². The maximum Gasteiger partial charge on any atom is 0.319 e. The average molecular weight is 714 g/mol. The molecule has 0 bridgehead atoms. The van der Waals surface area contributed by atoms with E-state index in [-0.39, 0.29) is 58.1 Å². The highest BCUT2D eigenvalue weighted by Crippen LogP contribution is 2.48. The SMILES string of the molecule is C#Cc1c(F)ccc2cc(O)cc(-c3ncc4c(N5CCOC[C@@](C)(O)C5)nc(OC[C@]56CCCC5N(CC5CCOCC5)CCC6)nc4c3F)c12. The third kappa shape index (κ3) is 6.53. The van der Waals surface area contributed by atoms with Crippen LogP contribution in [0.2, 0.25) is 0 Å². The number of anilines is 1. The first kappa shape index (κ1) is 34.9. The van der Waals surface area contributed by atoms with Crippen LogP contribution in [-0.4, -0.2) is 101 Å². The molecule has 4 aromatic rings. The topological polar surface area (TPSA) is 113 Å². The summed E-state index contributed by atoms with van der Waals surface area (Å²) in [4.78, 5) is 18.6. The van der Waals surface area contributed by atoms with Crippen LogP contribution in [0.5, 0.6) is 11.8 Å². The molecule has 3 atom stereocenters. The minimum atomic E-state index is -1.19. The first-order valence-electron chi connectivity index (χ1n) is 18.4.